The fourth-order valence-electron chi connectivity index (χ4n) is 3.42. The number of aryl methyl sites for hydroxylation is 2. The molecule has 1 aromatic heterocycles. The first-order chi connectivity index (χ1) is 16.0. The van der Waals surface area contributed by atoms with E-state index in [1.54, 1.807) is 6.07 Å². The van der Waals surface area contributed by atoms with Crippen LogP contribution in [0.25, 0.3) is 0 Å². The van der Waals surface area contributed by atoms with Gasteiger partial charge in [0.05, 0.1) is 47.8 Å². The molecule has 1 aliphatic carbocycles. The maximum absolute atomic E-state index is 6.17. The number of rotatable bonds is 7. The van der Waals surface area contributed by atoms with E-state index in [4.69, 9.17) is 17.2 Å². The van der Waals surface area contributed by atoms with Gasteiger partial charge in [-0.05, 0) is 60.7 Å². The molecule has 0 fully saturated rings. The predicted octanol–water partition coefficient (Wildman–Crippen LogP) is 3.53. The number of allylic oxidation sites excluding steroid dienone is 4. The maximum atomic E-state index is 6.17. The Bertz CT molecular complexity index is 1230. The molecule has 2 aromatic carbocycles. The van der Waals surface area contributed by atoms with Crippen LogP contribution in [-0.4, -0.2) is 22.5 Å². The quantitative estimate of drug-likeness (QED) is 0.194. The van der Waals surface area contributed by atoms with Crippen LogP contribution in [0.5, 0.6) is 0 Å². The highest BCUT2D eigenvalue weighted by molar-refractivity contribution is 6.19. The van der Waals surface area contributed by atoms with E-state index in [0.717, 1.165) is 42.3 Å². The molecule has 4 rings (SSSR count). The second-order valence-electron chi connectivity index (χ2n) is 7.93. The van der Waals surface area contributed by atoms with Gasteiger partial charge in [-0.2, -0.15) is 0 Å². The summed E-state index contributed by atoms with van der Waals surface area (Å²) in [6.45, 7) is 1.71. The molecule has 0 unspecified atom stereocenters. The zero-order valence-electron chi connectivity index (χ0n) is 18.6. The van der Waals surface area contributed by atoms with Crippen molar-refractivity contribution in [3.05, 3.63) is 79.4 Å². The summed E-state index contributed by atoms with van der Waals surface area (Å²) >= 11 is 0. The largest absolute Gasteiger partial charge is 0.399 e. The van der Waals surface area contributed by atoms with Crippen LogP contribution in [0.15, 0.2) is 89.4 Å². The molecule has 0 bridgehead atoms. The zero-order chi connectivity index (χ0) is 23.2. The van der Waals surface area contributed by atoms with E-state index >= 15 is 0 Å². The van der Waals surface area contributed by atoms with E-state index in [0.29, 0.717) is 22.7 Å². The second kappa shape index (κ2) is 9.86. The number of imidazole rings is 1. The molecule has 33 heavy (non-hydrogen) atoms. The normalized spacial score (nSPS) is 12.8. The number of hydrogen-bond acceptors (Lipinski definition) is 6. The molecule has 0 spiro atoms. The smallest absolute Gasteiger partial charge is 0.243 e. The first-order valence-corrected chi connectivity index (χ1v) is 10.8. The van der Waals surface area contributed by atoms with Gasteiger partial charge >= 0.3 is 0 Å². The molecule has 0 atom stereocenters. The van der Waals surface area contributed by atoms with Crippen LogP contribution < -0.4 is 27.1 Å². The number of nitrogen functional groups attached to an aromatic ring is 3. The zero-order valence-corrected chi connectivity index (χ0v) is 18.6. The molecule has 0 aliphatic heterocycles. The average Bonchev–Trinajstić information content (AvgIpc) is 3.22. The standard InChI is InChI=1S/C25H29N8/c1-32-13-14-33(17-32)12-2-11-29-19-7-9-21(10-8-19)31-25-16-24(22(27)15-23(25)28)30-20-5-3-18(26)4-6-20/h3-10,13-17,30H,2,11-12,26-28H2,1H3/q+1. The van der Waals surface area contributed by atoms with Gasteiger partial charge in [0, 0.05) is 24.3 Å². The minimum absolute atomic E-state index is 0.516. The Kier molecular flexibility index (Phi) is 6.54. The molecule has 8 heteroatoms. The first kappa shape index (κ1) is 21.9. The number of benzene rings is 2. The number of hydrogen-bond donors (Lipinski definition) is 4. The molecule has 3 aromatic rings. The minimum atomic E-state index is 0.516. The van der Waals surface area contributed by atoms with Crippen LogP contribution in [0.2, 0.25) is 0 Å². The minimum Gasteiger partial charge on any atom is -0.399 e. The summed E-state index contributed by atoms with van der Waals surface area (Å²) in [5.74, 6) is 0. The van der Waals surface area contributed by atoms with Crippen molar-refractivity contribution >= 4 is 45.5 Å². The summed E-state index contributed by atoms with van der Waals surface area (Å²) in [4.78, 5) is 9.34. The van der Waals surface area contributed by atoms with Crippen molar-refractivity contribution in [1.82, 2.24) is 4.57 Å². The average molecular weight is 442 g/mol. The van der Waals surface area contributed by atoms with Crippen LogP contribution in [0.1, 0.15) is 6.42 Å². The lowest BCUT2D eigenvalue weighted by atomic mass is 10.1. The van der Waals surface area contributed by atoms with Crippen molar-refractivity contribution < 1.29 is 4.57 Å². The van der Waals surface area contributed by atoms with Gasteiger partial charge in [0.15, 0.2) is 0 Å². The molecule has 1 aliphatic rings. The van der Waals surface area contributed by atoms with E-state index < -0.39 is 0 Å². The van der Waals surface area contributed by atoms with E-state index in [1.807, 2.05) is 72.4 Å². The lowest BCUT2D eigenvalue weighted by molar-refractivity contribution is -0.671. The van der Waals surface area contributed by atoms with Crippen LogP contribution in [0.3, 0.4) is 0 Å². The number of nitrogens with one attached hydrogen (secondary N) is 1. The van der Waals surface area contributed by atoms with Crippen LogP contribution in [-0.2, 0) is 13.6 Å². The highest BCUT2D eigenvalue weighted by Crippen LogP contribution is 2.33. The highest BCUT2D eigenvalue weighted by atomic mass is 15.1. The molecular weight excluding hydrogens is 412 g/mol. The van der Waals surface area contributed by atoms with E-state index in [9.17, 15) is 0 Å². The van der Waals surface area contributed by atoms with Crippen LogP contribution >= 0.6 is 0 Å². The fraction of sp³-hybridized carbons (Fsp3) is 0.160. The lowest BCUT2D eigenvalue weighted by Gasteiger charge is -2.13. The molecule has 1 heterocycles. The molecule has 168 valence electrons. The molecule has 7 N–H and O–H groups in total. The number of anilines is 5. The van der Waals surface area contributed by atoms with E-state index in [-0.39, 0.29) is 0 Å². The van der Waals surface area contributed by atoms with Gasteiger partial charge in [0.2, 0.25) is 6.33 Å². The second-order valence-corrected chi connectivity index (χ2v) is 7.93. The van der Waals surface area contributed by atoms with Gasteiger partial charge in [0.1, 0.15) is 12.4 Å². The summed E-state index contributed by atoms with van der Waals surface area (Å²) < 4.78 is 4.19. The van der Waals surface area contributed by atoms with Crippen molar-refractivity contribution in [1.29, 1.82) is 0 Å². The molecule has 0 radical (unpaired) electrons. The monoisotopic (exact) mass is 441 g/mol. The number of nitrogens with zero attached hydrogens (tertiary/aromatic N) is 4. The Morgan fingerprint density at radius 3 is 2.36 bits per heavy atom. The first-order valence-electron chi connectivity index (χ1n) is 10.8. The summed E-state index contributed by atoms with van der Waals surface area (Å²) in [5.41, 5.74) is 23.8. The maximum Gasteiger partial charge on any atom is 0.243 e. The van der Waals surface area contributed by atoms with Crippen LogP contribution in [0.4, 0.5) is 34.1 Å². The third-order valence-electron chi connectivity index (χ3n) is 5.18. The fourth-order valence-corrected chi connectivity index (χ4v) is 3.42. The van der Waals surface area contributed by atoms with Gasteiger partial charge in [-0.25, -0.2) is 14.1 Å². The molecule has 0 saturated heterocycles. The van der Waals surface area contributed by atoms with Gasteiger partial charge in [-0.1, -0.05) is 0 Å². The number of aromatic nitrogens is 2. The third kappa shape index (κ3) is 5.88. The summed E-state index contributed by atoms with van der Waals surface area (Å²) in [5, 5.41) is 3.29. The third-order valence-corrected chi connectivity index (χ3v) is 5.18. The number of nitrogens with two attached hydrogens (primary N) is 3. The van der Waals surface area contributed by atoms with Gasteiger partial charge in [0.25, 0.3) is 0 Å². The van der Waals surface area contributed by atoms with Crippen molar-refractivity contribution in [3.8, 4) is 0 Å². The molecule has 0 saturated carbocycles. The Balaban J connectivity index is 1.40. The van der Waals surface area contributed by atoms with Crippen molar-refractivity contribution in [2.45, 2.75) is 13.0 Å². The van der Waals surface area contributed by atoms with Crippen molar-refractivity contribution in [2.24, 2.45) is 17.0 Å². The molecular formula is C25H29N8+. The van der Waals surface area contributed by atoms with Crippen molar-refractivity contribution in [3.63, 3.8) is 0 Å². The van der Waals surface area contributed by atoms with E-state index in [2.05, 4.69) is 32.4 Å². The van der Waals surface area contributed by atoms with Gasteiger partial charge in [-0.15, -0.1) is 0 Å². The topological polar surface area (TPSA) is 124 Å². The summed E-state index contributed by atoms with van der Waals surface area (Å²) in [7, 11) is 2.02. The lowest BCUT2D eigenvalue weighted by Crippen LogP contribution is -2.23. The van der Waals surface area contributed by atoms with Gasteiger partial charge in [-0.3, -0.25) is 4.99 Å². The Hall–Kier alpha value is -4.33. The van der Waals surface area contributed by atoms with E-state index in [1.165, 1.54) is 0 Å². The highest BCUT2D eigenvalue weighted by Gasteiger charge is 2.08. The Morgan fingerprint density at radius 2 is 1.67 bits per heavy atom. The summed E-state index contributed by atoms with van der Waals surface area (Å²) in [6, 6.07) is 11.0. The summed E-state index contributed by atoms with van der Waals surface area (Å²) in [6.07, 6.45) is 15.0. The molecule has 0 amide bonds. The number of aliphatic imine (C=N–C) groups is 2. The van der Waals surface area contributed by atoms with Crippen molar-refractivity contribution in [2.75, 3.05) is 29.1 Å². The van der Waals surface area contributed by atoms with Gasteiger partial charge < -0.3 is 22.5 Å². The Labute approximate surface area is 193 Å². The van der Waals surface area contributed by atoms with Crippen LogP contribution in [0, 0.1) is 0 Å². The SMILES string of the molecule is C[n+]1ccn(CCCN=C2C=CC(=Nc3cc(Nc4ccc(N)cc4)c(N)cc3N)C=C2)c1. The predicted molar refractivity (Wildman–Crippen MR) is 137 cm³/mol. The molecule has 8 nitrogen and oxygen atoms in total. The Morgan fingerprint density at radius 1 is 0.939 bits per heavy atom.